The van der Waals surface area contributed by atoms with Gasteiger partial charge in [0.1, 0.15) is 0 Å². The van der Waals surface area contributed by atoms with Crippen molar-refractivity contribution in [2.45, 2.75) is 33.5 Å². The number of ketones is 1. The summed E-state index contributed by atoms with van der Waals surface area (Å²) < 4.78 is 15.0. The zero-order valence-electron chi connectivity index (χ0n) is 9.66. The summed E-state index contributed by atoms with van der Waals surface area (Å²) in [6.45, 7) is 6.81. The van der Waals surface area contributed by atoms with Crippen LogP contribution >= 0.6 is 0 Å². The molecule has 0 aromatic heterocycles. The van der Waals surface area contributed by atoms with E-state index in [0.29, 0.717) is 0 Å². The van der Waals surface area contributed by atoms with Crippen molar-refractivity contribution in [1.82, 2.24) is 0 Å². The molecule has 5 nitrogen and oxygen atoms in total. The fraction of sp³-hybridized carbons (Fsp3) is 0.800. The first-order valence-electron chi connectivity index (χ1n) is 5.01. The average Bonchev–Trinajstić information content (AvgIpc) is 2.17. The minimum absolute atomic E-state index is 0.175. The predicted octanol–water partition coefficient (Wildman–Crippen LogP) is 0.908. The molecule has 0 saturated heterocycles. The Morgan fingerprint density at radius 3 is 1.73 bits per heavy atom. The number of hydrogen-bond donors (Lipinski definition) is 0. The summed E-state index contributed by atoms with van der Waals surface area (Å²) >= 11 is 0. The fourth-order valence-electron chi connectivity index (χ4n) is 1.14. The molecule has 0 amide bonds. The van der Waals surface area contributed by atoms with Crippen molar-refractivity contribution in [1.29, 1.82) is 0 Å². The molecule has 15 heavy (non-hydrogen) atoms. The molecular formula is C10H18O5. The molecule has 0 aliphatic heterocycles. The molecule has 0 N–H and O–H groups in total. The van der Waals surface area contributed by atoms with Crippen molar-refractivity contribution < 1.29 is 23.8 Å². The van der Waals surface area contributed by atoms with E-state index >= 15 is 0 Å². The highest BCUT2D eigenvalue weighted by atomic mass is 16.7. The number of carbonyl (C=O) groups is 2. The van der Waals surface area contributed by atoms with Gasteiger partial charge in [0.05, 0.1) is 6.61 Å². The SMILES string of the molecule is CCOC(=O)C(OCC)(OCC)C(C)=O. The molecule has 5 heteroatoms. The van der Waals surface area contributed by atoms with E-state index in [4.69, 9.17) is 14.2 Å². The summed E-state index contributed by atoms with van der Waals surface area (Å²) in [5, 5.41) is 0. The highest BCUT2D eigenvalue weighted by Crippen LogP contribution is 2.17. The van der Waals surface area contributed by atoms with Crippen LogP contribution in [0.2, 0.25) is 0 Å². The maximum Gasteiger partial charge on any atom is 0.375 e. The van der Waals surface area contributed by atoms with E-state index in [1.165, 1.54) is 6.92 Å². The van der Waals surface area contributed by atoms with Crippen molar-refractivity contribution >= 4 is 11.8 Å². The van der Waals surface area contributed by atoms with E-state index in [2.05, 4.69) is 0 Å². The third-order valence-corrected chi connectivity index (χ3v) is 1.70. The van der Waals surface area contributed by atoms with Crippen LogP contribution in [0.1, 0.15) is 27.7 Å². The lowest BCUT2D eigenvalue weighted by Crippen LogP contribution is -2.51. The van der Waals surface area contributed by atoms with Gasteiger partial charge in [0.15, 0.2) is 0 Å². The molecule has 0 aromatic carbocycles. The first-order chi connectivity index (χ1) is 7.05. The second kappa shape index (κ2) is 6.53. The smallest absolute Gasteiger partial charge is 0.375 e. The Morgan fingerprint density at radius 2 is 1.47 bits per heavy atom. The molecule has 0 aliphatic carbocycles. The van der Waals surface area contributed by atoms with Gasteiger partial charge in [-0.25, -0.2) is 4.79 Å². The third kappa shape index (κ3) is 3.28. The van der Waals surface area contributed by atoms with Gasteiger partial charge in [-0.05, 0) is 20.8 Å². The monoisotopic (exact) mass is 218 g/mol. The van der Waals surface area contributed by atoms with Gasteiger partial charge in [-0.15, -0.1) is 0 Å². The first-order valence-corrected chi connectivity index (χ1v) is 5.01. The highest BCUT2D eigenvalue weighted by Gasteiger charge is 2.47. The van der Waals surface area contributed by atoms with Crippen LogP contribution in [0.15, 0.2) is 0 Å². The summed E-state index contributed by atoms with van der Waals surface area (Å²) in [5.41, 5.74) is 0. The van der Waals surface area contributed by atoms with Gasteiger partial charge in [-0.1, -0.05) is 0 Å². The highest BCUT2D eigenvalue weighted by molar-refractivity contribution is 6.04. The molecule has 0 atom stereocenters. The summed E-state index contributed by atoms with van der Waals surface area (Å²) in [6.07, 6.45) is 0. The molecule has 0 saturated carbocycles. The summed E-state index contributed by atoms with van der Waals surface area (Å²) in [4.78, 5) is 23.0. The van der Waals surface area contributed by atoms with Crippen molar-refractivity contribution in [3.8, 4) is 0 Å². The maximum atomic E-state index is 11.6. The molecule has 0 spiro atoms. The molecular weight excluding hydrogens is 200 g/mol. The Balaban J connectivity index is 4.92. The Kier molecular flexibility index (Phi) is 6.12. The number of ether oxygens (including phenoxy) is 3. The van der Waals surface area contributed by atoms with Gasteiger partial charge in [0, 0.05) is 20.1 Å². The van der Waals surface area contributed by atoms with E-state index in [0.717, 1.165) is 0 Å². The number of Topliss-reactive ketones (excluding diaryl/α,β-unsaturated/α-hetero) is 1. The number of esters is 1. The molecule has 0 bridgehead atoms. The molecule has 0 heterocycles. The van der Waals surface area contributed by atoms with Crippen molar-refractivity contribution in [3.63, 3.8) is 0 Å². The van der Waals surface area contributed by atoms with Crippen LogP contribution in [-0.4, -0.2) is 37.4 Å². The number of hydrogen-bond acceptors (Lipinski definition) is 5. The minimum atomic E-state index is -1.89. The number of rotatable bonds is 7. The van der Waals surface area contributed by atoms with Crippen LogP contribution in [-0.2, 0) is 23.8 Å². The lowest BCUT2D eigenvalue weighted by Gasteiger charge is -2.27. The lowest BCUT2D eigenvalue weighted by molar-refractivity contribution is -0.236. The zero-order valence-corrected chi connectivity index (χ0v) is 9.66. The van der Waals surface area contributed by atoms with Crippen LogP contribution in [0, 0.1) is 0 Å². The van der Waals surface area contributed by atoms with E-state index < -0.39 is 17.5 Å². The van der Waals surface area contributed by atoms with Gasteiger partial charge in [0.25, 0.3) is 0 Å². The van der Waals surface area contributed by atoms with E-state index in [1.807, 2.05) is 0 Å². The van der Waals surface area contributed by atoms with Crippen molar-refractivity contribution in [3.05, 3.63) is 0 Å². The quantitative estimate of drug-likeness (QED) is 0.361. The van der Waals surface area contributed by atoms with Gasteiger partial charge in [0.2, 0.25) is 5.78 Å². The van der Waals surface area contributed by atoms with Crippen molar-refractivity contribution in [2.24, 2.45) is 0 Å². The zero-order chi connectivity index (χ0) is 11.9. The van der Waals surface area contributed by atoms with Gasteiger partial charge in [-0.2, -0.15) is 0 Å². The predicted molar refractivity (Wildman–Crippen MR) is 53.3 cm³/mol. The lowest BCUT2D eigenvalue weighted by atomic mass is 10.2. The van der Waals surface area contributed by atoms with Crippen LogP contribution < -0.4 is 0 Å². The van der Waals surface area contributed by atoms with Crippen LogP contribution in [0.3, 0.4) is 0 Å². The van der Waals surface area contributed by atoms with Crippen LogP contribution in [0.4, 0.5) is 0 Å². The average molecular weight is 218 g/mol. The normalized spacial score (nSPS) is 11.2. The summed E-state index contributed by atoms with van der Waals surface area (Å²) in [5.74, 6) is -3.19. The molecule has 88 valence electrons. The molecule has 0 radical (unpaired) electrons. The molecule has 0 aromatic rings. The summed E-state index contributed by atoms with van der Waals surface area (Å²) in [6, 6.07) is 0. The number of carbonyl (C=O) groups excluding carboxylic acids is 2. The van der Waals surface area contributed by atoms with E-state index in [-0.39, 0.29) is 19.8 Å². The first kappa shape index (κ1) is 14.1. The Morgan fingerprint density at radius 1 is 1.00 bits per heavy atom. The summed E-state index contributed by atoms with van der Waals surface area (Å²) in [7, 11) is 0. The standard InChI is InChI=1S/C10H18O5/c1-5-13-9(12)10(8(4)11,14-6-2)15-7-3/h5-7H2,1-4H3. The Labute approximate surface area is 89.7 Å². The van der Waals surface area contributed by atoms with Gasteiger partial charge >= 0.3 is 11.8 Å². The van der Waals surface area contributed by atoms with Gasteiger partial charge in [-0.3, -0.25) is 4.79 Å². The second-order valence-electron chi connectivity index (χ2n) is 2.76. The topological polar surface area (TPSA) is 61.8 Å². The largest absolute Gasteiger partial charge is 0.462 e. The molecule has 0 unspecified atom stereocenters. The van der Waals surface area contributed by atoms with Crippen LogP contribution in [0.25, 0.3) is 0 Å². The molecule has 0 rings (SSSR count). The van der Waals surface area contributed by atoms with E-state index in [1.54, 1.807) is 20.8 Å². The maximum absolute atomic E-state index is 11.6. The van der Waals surface area contributed by atoms with Gasteiger partial charge < -0.3 is 14.2 Å². The molecule has 0 aliphatic rings. The van der Waals surface area contributed by atoms with E-state index in [9.17, 15) is 9.59 Å². The van der Waals surface area contributed by atoms with Crippen LogP contribution in [0.5, 0.6) is 0 Å². The minimum Gasteiger partial charge on any atom is -0.462 e. The third-order valence-electron chi connectivity index (χ3n) is 1.70. The fourth-order valence-corrected chi connectivity index (χ4v) is 1.14. The molecule has 0 fully saturated rings. The Bertz CT molecular complexity index is 218. The van der Waals surface area contributed by atoms with Crippen molar-refractivity contribution in [2.75, 3.05) is 19.8 Å². The Hall–Kier alpha value is -0.940. The second-order valence-corrected chi connectivity index (χ2v) is 2.76.